The minimum absolute atomic E-state index is 0.741. The summed E-state index contributed by atoms with van der Waals surface area (Å²) in [6.45, 7) is 6.67. The van der Waals surface area contributed by atoms with Crippen LogP contribution in [-0.4, -0.2) is 40.4 Å². The Hall–Kier alpha value is -2.67. The van der Waals surface area contributed by atoms with E-state index >= 15 is 0 Å². The zero-order valence-electron chi connectivity index (χ0n) is 16.6. The van der Waals surface area contributed by atoms with Crippen LogP contribution < -0.4 is 10.6 Å². The van der Waals surface area contributed by atoms with E-state index in [1.54, 1.807) is 17.5 Å². The Morgan fingerprint density at radius 3 is 2.68 bits per heavy atom. The third-order valence-corrected chi connectivity index (χ3v) is 5.50. The van der Waals surface area contributed by atoms with Crippen molar-refractivity contribution < 1.29 is 0 Å². The quantitative estimate of drug-likeness (QED) is 0.430. The molecule has 2 N–H and O–H groups in total. The Balaban J connectivity index is 1.46. The van der Waals surface area contributed by atoms with Crippen LogP contribution in [0.25, 0.3) is 5.69 Å². The van der Waals surface area contributed by atoms with Gasteiger partial charge in [0.15, 0.2) is 5.96 Å². The molecule has 0 amide bonds. The SMILES string of the molecule is CCNC(=NCCc1ncc(CC)s1)NCCc1ccc(-n2cccn2)cc1. The van der Waals surface area contributed by atoms with Crippen LogP contribution in [0, 0.1) is 0 Å². The number of benzene rings is 1. The van der Waals surface area contributed by atoms with Gasteiger partial charge in [0.25, 0.3) is 0 Å². The number of aromatic nitrogens is 3. The molecule has 3 aromatic rings. The van der Waals surface area contributed by atoms with Gasteiger partial charge in [-0.15, -0.1) is 11.3 Å². The van der Waals surface area contributed by atoms with Crippen molar-refractivity contribution in [2.45, 2.75) is 33.1 Å². The van der Waals surface area contributed by atoms with Gasteiger partial charge in [0.05, 0.1) is 10.7 Å². The molecule has 0 aliphatic heterocycles. The van der Waals surface area contributed by atoms with Gasteiger partial charge < -0.3 is 10.6 Å². The predicted octanol–water partition coefficient (Wildman–Crippen LogP) is 3.23. The molecule has 148 valence electrons. The van der Waals surface area contributed by atoms with Gasteiger partial charge in [-0.2, -0.15) is 5.10 Å². The summed E-state index contributed by atoms with van der Waals surface area (Å²) >= 11 is 1.79. The smallest absolute Gasteiger partial charge is 0.191 e. The van der Waals surface area contributed by atoms with E-state index in [9.17, 15) is 0 Å². The molecule has 0 unspecified atom stereocenters. The number of guanidine groups is 1. The first-order chi connectivity index (χ1) is 13.8. The van der Waals surface area contributed by atoms with Crippen molar-refractivity contribution in [2.75, 3.05) is 19.6 Å². The summed E-state index contributed by atoms with van der Waals surface area (Å²) in [5.41, 5.74) is 2.36. The first-order valence-electron chi connectivity index (χ1n) is 9.83. The number of thiazole rings is 1. The van der Waals surface area contributed by atoms with Crippen LogP contribution in [0.3, 0.4) is 0 Å². The molecule has 0 saturated carbocycles. The Labute approximate surface area is 170 Å². The van der Waals surface area contributed by atoms with Crippen molar-refractivity contribution in [1.82, 2.24) is 25.4 Å². The monoisotopic (exact) mass is 396 g/mol. The third kappa shape index (κ3) is 5.92. The average molecular weight is 397 g/mol. The van der Waals surface area contributed by atoms with Crippen molar-refractivity contribution in [2.24, 2.45) is 4.99 Å². The summed E-state index contributed by atoms with van der Waals surface area (Å²) < 4.78 is 1.86. The molecule has 0 saturated heterocycles. The lowest BCUT2D eigenvalue weighted by Crippen LogP contribution is -2.38. The molecule has 0 spiro atoms. The van der Waals surface area contributed by atoms with Gasteiger partial charge in [0, 0.05) is 49.5 Å². The highest BCUT2D eigenvalue weighted by molar-refractivity contribution is 7.11. The van der Waals surface area contributed by atoms with E-state index in [4.69, 9.17) is 0 Å². The zero-order chi connectivity index (χ0) is 19.6. The highest BCUT2D eigenvalue weighted by atomic mass is 32.1. The summed E-state index contributed by atoms with van der Waals surface area (Å²) in [6, 6.07) is 10.4. The van der Waals surface area contributed by atoms with Gasteiger partial charge in [-0.1, -0.05) is 19.1 Å². The second kappa shape index (κ2) is 10.6. The molecule has 2 heterocycles. The van der Waals surface area contributed by atoms with Crippen molar-refractivity contribution in [3.05, 3.63) is 64.4 Å². The number of rotatable bonds is 9. The van der Waals surface area contributed by atoms with E-state index in [1.807, 2.05) is 23.1 Å². The van der Waals surface area contributed by atoms with Crippen molar-refractivity contribution >= 4 is 17.3 Å². The maximum absolute atomic E-state index is 4.67. The van der Waals surface area contributed by atoms with E-state index in [0.717, 1.165) is 55.6 Å². The fourth-order valence-corrected chi connectivity index (χ4v) is 3.65. The Morgan fingerprint density at radius 1 is 1.14 bits per heavy atom. The molecule has 1 aromatic carbocycles. The van der Waals surface area contributed by atoms with Crippen LogP contribution in [0.1, 0.15) is 29.3 Å². The molecule has 6 nitrogen and oxygen atoms in total. The molecular weight excluding hydrogens is 368 g/mol. The first kappa shape index (κ1) is 20.1. The largest absolute Gasteiger partial charge is 0.357 e. The minimum atomic E-state index is 0.741. The van der Waals surface area contributed by atoms with Crippen molar-refractivity contribution in [3.63, 3.8) is 0 Å². The molecule has 2 aromatic heterocycles. The lowest BCUT2D eigenvalue weighted by Gasteiger charge is -2.11. The molecule has 7 heteroatoms. The number of nitrogens with one attached hydrogen (secondary N) is 2. The summed E-state index contributed by atoms with van der Waals surface area (Å²) in [4.78, 5) is 10.5. The van der Waals surface area contributed by atoms with Crippen molar-refractivity contribution in [1.29, 1.82) is 0 Å². The molecule has 0 atom stereocenters. The molecule has 0 bridgehead atoms. The molecule has 0 aliphatic carbocycles. The molecule has 0 radical (unpaired) electrons. The van der Waals surface area contributed by atoms with Gasteiger partial charge in [-0.25, -0.2) is 9.67 Å². The Morgan fingerprint density at radius 2 is 2.00 bits per heavy atom. The predicted molar refractivity (Wildman–Crippen MR) is 116 cm³/mol. The Kier molecular flexibility index (Phi) is 7.61. The van der Waals surface area contributed by atoms with Crippen LogP contribution in [0.15, 0.2) is 53.9 Å². The van der Waals surface area contributed by atoms with Gasteiger partial charge in [-0.3, -0.25) is 4.99 Å². The lowest BCUT2D eigenvalue weighted by atomic mass is 10.1. The molecule has 0 aliphatic rings. The summed E-state index contributed by atoms with van der Waals surface area (Å²) in [5, 5.41) is 12.1. The third-order valence-electron chi connectivity index (χ3n) is 4.30. The standard InChI is InChI=1S/C21H28N6S/c1-3-19-16-25-20(28-19)11-14-24-21(22-4-2)23-13-10-17-6-8-18(9-7-17)27-15-5-12-26-27/h5-9,12,15-16H,3-4,10-11,13-14H2,1-2H3,(H2,22,23,24). The number of nitrogens with zero attached hydrogens (tertiary/aromatic N) is 4. The number of hydrogen-bond acceptors (Lipinski definition) is 4. The molecule has 28 heavy (non-hydrogen) atoms. The van der Waals surface area contributed by atoms with Crippen molar-refractivity contribution in [3.8, 4) is 5.69 Å². The number of aliphatic imine (C=N–C) groups is 1. The van der Waals surface area contributed by atoms with Gasteiger partial charge in [0.1, 0.15) is 0 Å². The van der Waals surface area contributed by atoms with E-state index in [0.29, 0.717) is 0 Å². The molecule has 0 fully saturated rings. The normalized spacial score (nSPS) is 11.6. The van der Waals surface area contributed by atoms with Crippen LogP contribution in [-0.2, 0) is 19.3 Å². The first-order valence-corrected chi connectivity index (χ1v) is 10.6. The fourth-order valence-electron chi connectivity index (χ4n) is 2.79. The van der Waals surface area contributed by atoms with Gasteiger partial charge in [0.2, 0.25) is 0 Å². The number of hydrogen-bond donors (Lipinski definition) is 2. The van der Waals surface area contributed by atoms with E-state index in [1.165, 1.54) is 10.4 Å². The van der Waals surface area contributed by atoms with E-state index in [-0.39, 0.29) is 0 Å². The fraction of sp³-hybridized carbons (Fsp3) is 0.381. The summed E-state index contributed by atoms with van der Waals surface area (Å²) in [6.07, 6.45) is 8.59. The minimum Gasteiger partial charge on any atom is -0.357 e. The topological polar surface area (TPSA) is 67.1 Å². The highest BCUT2D eigenvalue weighted by Gasteiger charge is 2.02. The van der Waals surface area contributed by atoms with Gasteiger partial charge >= 0.3 is 0 Å². The van der Waals surface area contributed by atoms with E-state index in [2.05, 4.69) is 63.8 Å². The average Bonchev–Trinajstić information content (AvgIpc) is 3.41. The van der Waals surface area contributed by atoms with Crippen LogP contribution in [0.4, 0.5) is 0 Å². The summed E-state index contributed by atoms with van der Waals surface area (Å²) in [5.74, 6) is 0.864. The number of aryl methyl sites for hydroxylation is 1. The van der Waals surface area contributed by atoms with Crippen LogP contribution >= 0.6 is 11.3 Å². The second-order valence-electron chi connectivity index (χ2n) is 6.38. The lowest BCUT2D eigenvalue weighted by molar-refractivity contribution is 0.795. The van der Waals surface area contributed by atoms with E-state index < -0.39 is 0 Å². The summed E-state index contributed by atoms with van der Waals surface area (Å²) in [7, 11) is 0. The zero-order valence-corrected chi connectivity index (χ0v) is 17.4. The van der Waals surface area contributed by atoms with Crippen LogP contribution in [0.5, 0.6) is 0 Å². The second-order valence-corrected chi connectivity index (χ2v) is 7.58. The van der Waals surface area contributed by atoms with Crippen LogP contribution in [0.2, 0.25) is 0 Å². The Bertz CT molecular complexity index is 851. The molecule has 3 rings (SSSR count). The highest BCUT2D eigenvalue weighted by Crippen LogP contribution is 2.13. The maximum Gasteiger partial charge on any atom is 0.191 e. The molecular formula is C21H28N6S. The van der Waals surface area contributed by atoms with Gasteiger partial charge in [-0.05, 0) is 43.5 Å². The maximum atomic E-state index is 4.67.